The van der Waals surface area contributed by atoms with Crippen LogP contribution in [-0.4, -0.2) is 26.1 Å². The van der Waals surface area contributed by atoms with Crippen molar-refractivity contribution in [2.45, 2.75) is 32.7 Å². The normalized spacial score (nSPS) is 12.8. The predicted molar refractivity (Wildman–Crippen MR) is 54.1 cm³/mol. The lowest BCUT2D eigenvalue weighted by molar-refractivity contribution is -0.141. The van der Waals surface area contributed by atoms with Crippen molar-refractivity contribution in [1.82, 2.24) is 15.0 Å². The Bertz CT molecular complexity index is 337. The molecule has 1 aromatic rings. The number of rotatable bonds is 4. The highest BCUT2D eigenvalue weighted by Gasteiger charge is 2.22. The van der Waals surface area contributed by atoms with Gasteiger partial charge in [0, 0.05) is 0 Å². The van der Waals surface area contributed by atoms with Gasteiger partial charge in [-0.15, -0.1) is 5.10 Å². The molecule has 0 aliphatic carbocycles. The fraction of sp³-hybridized carbons (Fsp3) is 0.625. The van der Waals surface area contributed by atoms with E-state index in [4.69, 9.17) is 5.11 Å². The van der Waals surface area contributed by atoms with Gasteiger partial charge in [0.1, 0.15) is 0 Å². The smallest absolute Gasteiger partial charge is 0.328 e. The van der Waals surface area contributed by atoms with E-state index in [0.29, 0.717) is 17.4 Å². The van der Waals surface area contributed by atoms with Crippen LogP contribution in [0.15, 0.2) is 4.60 Å². The van der Waals surface area contributed by atoms with Gasteiger partial charge >= 0.3 is 5.97 Å². The van der Waals surface area contributed by atoms with Gasteiger partial charge in [-0.1, -0.05) is 19.1 Å². The Kier molecular flexibility index (Phi) is 3.62. The highest BCUT2D eigenvalue weighted by atomic mass is 79.9. The summed E-state index contributed by atoms with van der Waals surface area (Å²) >= 11 is 3.24. The van der Waals surface area contributed by atoms with E-state index in [2.05, 4.69) is 26.2 Å². The van der Waals surface area contributed by atoms with Crippen molar-refractivity contribution in [3.63, 3.8) is 0 Å². The molecule has 0 amide bonds. The Morgan fingerprint density at radius 3 is 2.71 bits per heavy atom. The van der Waals surface area contributed by atoms with E-state index in [9.17, 15) is 4.79 Å². The zero-order valence-electron chi connectivity index (χ0n) is 8.07. The third kappa shape index (κ3) is 1.95. The van der Waals surface area contributed by atoms with Crippen LogP contribution >= 0.6 is 15.9 Å². The van der Waals surface area contributed by atoms with Gasteiger partial charge in [0.2, 0.25) is 0 Å². The van der Waals surface area contributed by atoms with Crippen molar-refractivity contribution in [3.05, 3.63) is 10.3 Å². The van der Waals surface area contributed by atoms with Crippen molar-refractivity contribution < 1.29 is 9.90 Å². The quantitative estimate of drug-likeness (QED) is 0.895. The molecule has 5 nitrogen and oxygen atoms in total. The molecule has 0 radical (unpaired) electrons. The molecule has 1 aromatic heterocycles. The van der Waals surface area contributed by atoms with Gasteiger partial charge in [-0.3, -0.25) is 0 Å². The SMILES string of the molecule is CCc1c(Br)nnn1C(CC)C(=O)O. The molecule has 78 valence electrons. The van der Waals surface area contributed by atoms with Crippen LogP contribution in [-0.2, 0) is 11.2 Å². The van der Waals surface area contributed by atoms with Crippen molar-refractivity contribution in [2.75, 3.05) is 0 Å². The zero-order chi connectivity index (χ0) is 10.7. The number of hydrogen-bond acceptors (Lipinski definition) is 3. The number of hydrogen-bond donors (Lipinski definition) is 1. The van der Waals surface area contributed by atoms with Gasteiger partial charge in [-0.2, -0.15) is 0 Å². The standard InChI is InChI=1S/C8H12BrN3O2/c1-3-5-7(9)10-11-12(5)6(4-2)8(13)14/h6H,3-4H2,1-2H3,(H,13,14). The molecule has 0 saturated carbocycles. The number of carboxylic acids is 1. The van der Waals surface area contributed by atoms with Crippen LogP contribution in [0.3, 0.4) is 0 Å². The second-order valence-electron chi connectivity index (χ2n) is 2.89. The number of carboxylic acid groups (broad SMARTS) is 1. The van der Waals surface area contributed by atoms with E-state index in [-0.39, 0.29) is 0 Å². The van der Waals surface area contributed by atoms with Crippen molar-refractivity contribution in [1.29, 1.82) is 0 Å². The Hall–Kier alpha value is -0.910. The molecular formula is C8H12BrN3O2. The van der Waals surface area contributed by atoms with E-state index in [1.807, 2.05) is 13.8 Å². The lowest BCUT2D eigenvalue weighted by atomic mass is 10.2. The first kappa shape index (κ1) is 11.2. The molecular weight excluding hydrogens is 250 g/mol. The van der Waals surface area contributed by atoms with Crippen LogP contribution in [0.5, 0.6) is 0 Å². The van der Waals surface area contributed by atoms with Crippen LogP contribution < -0.4 is 0 Å². The maximum atomic E-state index is 10.9. The maximum Gasteiger partial charge on any atom is 0.328 e. The first-order chi connectivity index (χ1) is 6.61. The summed E-state index contributed by atoms with van der Waals surface area (Å²) in [5.41, 5.74) is 0.819. The first-order valence-electron chi connectivity index (χ1n) is 4.44. The van der Waals surface area contributed by atoms with Gasteiger partial charge in [0.25, 0.3) is 0 Å². The molecule has 6 heteroatoms. The van der Waals surface area contributed by atoms with Crippen LogP contribution in [0, 0.1) is 0 Å². The molecule has 14 heavy (non-hydrogen) atoms. The summed E-state index contributed by atoms with van der Waals surface area (Å²) < 4.78 is 2.09. The highest BCUT2D eigenvalue weighted by molar-refractivity contribution is 9.10. The molecule has 0 spiro atoms. The molecule has 0 fully saturated rings. The third-order valence-corrected chi connectivity index (χ3v) is 2.66. The van der Waals surface area contributed by atoms with Crippen molar-refractivity contribution in [2.24, 2.45) is 0 Å². The maximum absolute atomic E-state index is 10.9. The van der Waals surface area contributed by atoms with Crippen molar-refractivity contribution >= 4 is 21.9 Å². The first-order valence-corrected chi connectivity index (χ1v) is 5.23. The molecule has 1 heterocycles. The van der Waals surface area contributed by atoms with Gasteiger partial charge < -0.3 is 5.11 Å². The summed E-state index contributed by atoms with van der Waals surface area (Å²) in [4.78, 5) is 10.9. The summed E-state index contributed by atoms with van der Waals surface area (Å²) in [6.45, 7) is 3.75. The van der Waals surface area contributed by atoms with E-state index >= 15 is 0 Å². The van der Waals surface area contributed by atoms with Crippen LogP contribution in [0.1, 0.15) is 32.0 Å². The van der Waals surface area contributed by atoms with Crippen molar-refractivity contribution in [3.8, 4) is 0 Å². The van der Waals surface area contributed by atoms with Crippen LogP contribution in [0.4, 0.5) is 0 Å². The predicted octanol–water partition coefficient (Wildman–Crippen LogP) is 1.64. The number of aromatic nitrogens is 3. The summed E-state index contributed by atoms with van der Waals surface area (Å²) in [6.07, 6.45) is 1.20. The topological polar surface area (TPSA) is 68.0 Å². The van der Waals surface area contributed by atoms with E-state index in [1.54, 1.807) is 0 Å². The minimum Gasteiger partial charge on any atom is -0.480 e. The van der Waals surface area contributed by atoms with Gasteiger partial charge in [0.15, 0.2) is 10.6 Å². The monoisotopic (exact) mass is 261 g/mol. The Balaban J connectivity index is 3.09. The molecule has 0 bridgehead atoms. The average Bonchev–Trinajstić information content (AvgIpc) is 2.48. The lowest BCUT2D eigenvalue weighted by Gasteiger charge is -2.11. The Morgan fingerprint density at radius 1 is 1.64 bits per heavy atom. The Morgan fingerprint density at radius 2 is 2.29 bits per heavy atom. The second-order valence-corrected chi connectivity index (χ2v) is 3.64. The largest absolute Gasteiger partial charge is 0.480 e. The molecule has 1 rings (SSSR count). The van der Waals surface area contributed by atoms with Gasteiger partial charge in [-0.25, -0.2) is 9.48 Å². The number of aliphatic carboxylic acids is 1. The van der Waals surface area contributed by atoms with Gasteiger partial charge in [-0.05, 0) is 28.8 Å². The zero-order valence-corrected chi connectivity index (χ0v) is 9.65. The fourth-order valence-electron chi connectivity index (χ4n) is 1.30. The summed E-state index contributed by atoms with van der Waals surface area (Å²) in [5, 5.41) is 16.6. The molecule has 0 aliphatic heterocycles. The van der Waals surface area contributed by atoms with Crippen LogP contribution in [0.25, 0.3) is 0 Å². The fourth-order valence-corrected chi connectivity index (χ4v) is 1.84. The number of halogens is 1. The molecule has 1 atom stereocenters. The lowest BCUT2D eigenvalue weighted by Crippen LogP contribution is -2.21. The minimum absolute atomic E-state index is 0.498. The highest BCUT2D eigenvalue weighted by Crippen LogP contribution is 2.19. The van der Waals surface area contributed by atoms with Gasteiger partial charge in [0.05, 0.1) is 5.69 Å². The van der Waals surface area contributed by atoms with E-state index in [1.165, 1.54) is 4.68 Å². The van der Waals surface area contributed by atoms with E-state index in [0.717, 1.165) is 5.69 Å². The number of carbonyl (C=O) groups is 1. The summed E-state index contributed by atoms with van der Waals surface area (Å²) in [7, 11) is 0. The molecule has 1 unspecified atom stereocenters. The Labute approximate surface area is 90.2 Å². The van der Waals surface area contributed by atoms with E-state index < -0.39 is 12.0 Å². The summed E-state index contributed by atoms with van der Waals surface area (Å²) in [5.74, 6) is -0.875. The average molecular weight is 262 g/mol. The van der Waals surface area contributed by atoms with Crippen LogP contribution in [0.2, 0.25) is 0 Å². The molecule has 0 aliphatic rings. The second kappa shape index (κ2) is 4.54. The minimum atomic E-state index is -0.875. The third-order valence-electron chi connectivity index (χ3n) is 2.05. The molecule has 0 saturated heterocycles. The summed E-state index contributed by atoms with van der Waals surface area (Å²) in [6, 6.07) is -0.622. The number of nitrogens with zero attached hydrogens (tertiary/aromatic N) is 3. The molecule has 1 N–H and O–H groups in total. The molecule has 0 aromatic carbocycles.